The van der Waals surface area contributed by atoms with Crippen molar-refractivity contribution in [3.05, 3.63) is 36.2 Å². The molecule has 4 rings (SSSR count). The molecule has 6 nitrogen and oxygen atoms in total. The van der Waals surface area contributed by atoms with E-state index in [1.54, 1.807) is 0 Å². The van der Waals surface area contributed by atoms with E-state index in [-0.39, 0.29) is 6.03 Å². The first-order valence-electron chi connectivity index (χ1n) is 9.60. The Morgan fingerprint density at radius 3 is 2.92 bits per heavy atom. The summed E-state index contributed by atoms with van der Waals surface area (Å²) in [6, 6.07) is 8.03. The molecule has 1 fully saturated rings. The number of hydrogen-bond acceptors (Lipinski definition) is 3. The predicted octanol–water partition coefficient (Wildman–Crippen LogP) is 3.06. The minimum absolute atomic E-state index is 0.0115. The van der Waals surface area contributed by atoms with E-state index in [4.69, 9.17) is 0 Å². The van der Waals surface area contributed by atoms with Crippen LogP contribution in [0.3, 0.4) is 0 Å². The number of imidazole rings is 1. The molecule has 138 valence electrons. The number of nitrogens with one attached hydrogen (secondary N) is 1. The lowest BCUT2D eigenvalue weighted by Crippen LogP contribution is -2.37. The summed E-state index contributed by atoms with van der Waals surface area (Å²) in [5.41, 5.74) is 3.21. The number of urea groups is 1. The maximum absolute atomic E-state index is 12.6. The maximum Gasteiger partial charge on any atom is 0.321 e. The third kappa shape index (κ3) is 3.60. The van der Waals surface area contributed by atoms with Gasteiger partial charge < -0.3 is 19.7 Å². The number of amides is 2. The number of aryl methyl sites for hydroxylation is 1. The molecule has 0 aliphatic carbocycles. The summed E-state index contributed by atoms with van der Waals surface area (Å²) in [6.45, 7) is 4.58. The van der Waals surface area contributed by atoms with Crippen molar-refractivity contribution in [1.82, 2.24) is 19.4 Å². The predicted molar refractivity (Wildman–Crippen MR) is 103 cm³/mol. The third-order valence-electron chi connectivity index (χ3n) is 5.38. The number of benzene rings is 1. The first-order chi connectivity index (χ1) is 12.7. The Hall–Kier alpha value is -2.34. The Kier molecular flexibility index (Phi) is 4.93. The molecule has 2 aliphatic heterocycles. The molecule has 2 aliphatic rings. The van der Waals surface area contributed by atoms with E-state index in [0.717, 1.165) is 62.6 Å². The topological polar surface area (TPSA) is 53.4 Å². The van der Waals surface area contributed by atoms with Crippen molar-refractivity contribution < 1.29 is 4.79 Å². The van der Waals surface area contributed by atoms with Gasteiger partial charge in [0.05, 0.1) is 0 Å². The van der Waals surface area contributed by atoms with Crippen molar-refractivity contribution in [3.8, 4) is 11.4 Å². The quantitative estimate of drug-likeness (QED) is 0.903. The van der Waals surface area contributed by atoms with Crippen LogP contribution < -0.4 is 5.32 Å². The molecule has 3 heterocycles. The maximum atomic E-state index is 12.6. The highest BCUT2D eigenvalue weighted by Gasteiger charge is 2.18. The SMILES string of the molecule is CN1CCCN(C(=O)Nc2cccc(-c3ncc4n3CCCC4)c2)CC1. The molecule has 0 bridgehead atoms. The van der Waals surface area contributed by atoms with Crippen molar-refractivity contribution in [2.75, 3.05) is 38.5 Å². The van der Waals surface area contributed by atoms with Crippen LogP contribution in [0.2, 0.25) is 0 Å². The summed E-state index contributed by atoms with van der Waals surface area (Å²) in [7, 11) is 2.11. The summed E-state index contributed by atoms with van der Waals surface area (Å²) in [4.78, 5) is 21.4. The lowest BCUT2D eigenvalue weighted by atomic mass is 10.1. The standard InChI is InChI=1S/C20H27N5O/c1-23-9-5-10-24(13-12-23)20(26)22-17-7-4-6-16(14-17)19-21-15-18-8-2-3-11-25(18)19/h4,6-7,14-15H,2-3,5,8-13H2,1H3,(H,22,26). The van der Waals surface area contributed by atoms with Crippen LogP contribution in [0, 0.1) is 0 Å². The van der Waals surface area contributed by atoms with Gasteiger partial charge in [-0.05, 0) is 51.4 Å². The molecular weight excluding hydrogens is 326 g/mol. The van der Waals surface area contributed by atoms with E-state index in [9.17, 15) is 4.79 Å². The minimum atomic E-state index is -0.0115. The van der Waals surface area contributed by atoms with E-state index in [0.29, 0.717) is 0 Å². The summed E-state index contributed by atoms with van der Waals surface area (Å²) in [5, 5.41) is 3.07. The number of hydrogen-bond donors (Lipinski definition) is 1. The number of carbonyl (C=O) groups excluding carboxylic acids is 1. The first kappa shape index (κ1) is 17.1. The second-order valence-corrected chi connectivity index (χ2v) is 7.34. The zero-order valence-electron chi connectivity index (χ0n) is 15.4. The molecule has 1 aromatic heterocycles. The van der Waals surface area contributed by atoms with Crippen molar-refractivity contribution >= 4 is 11.7 Å². The van der Waals surface area contributed by atoms with Crippen LogP contribution in [-0.2, 0) is 13.0 Å². The molecule has 0 atom stereocenters. The van der Waals surface area contributed by atoms with Crippen LogP contribution in [0.1, 0.15) is 25.0 Å². The fourth-order valence-electron chi connectivity index (χ4n) is 3.85. The van der Waals surface area contributed by atoms with Crippen molar-refractivity contribution in [1.29, 1.82) is 0 Å². The summed E-state index contributed by atoms with van der Waals surface area (Å²) in [6.07, 6.45) is 6.56. The second kappa shape index (κ2) is 7.50. The van der Waals surface area contributed by atoms with Crippen molar-refractivity contribution in [2.45, 2.75) is 32.2 Å². The van der Waals surface area contributed by atoms with Crippen LogP contribution in [-0.4, -0.2) is 58.6 Å². The van der Waals surface area contributed by atoms with Gasteiger partial charge in [0.1, 0.15) is 5.82 Å². The van der Waals surface area contributed by atoms with Crippen LogP contribution in [0.15, 0.2) is 30.5 Å². The molecule has 0 spiro atoms. The zero-order chi connectivity index (χ0) is 17.9. The number of fused-ring (bicyclic) bond motifs is 1. The Balaban J connectivity index is 1.49. The smallest absolute Gasteiger partial charge is 0.321 e. The first-order valence-corrected chi connectivity index (χ1v) is 9.60. The molecule has 0 saturated carbocycles. The average Bonchev–Trinajstić information content (AvgIpc) is 2.96. The lowest BCUT2D eigenvalue weighted by Gasteiger charge is -2.21. The normalized spacial score (nSPS) is 18.3. The van der Waals surface area contributed by atoms with Gasteiger partial charge in [0.2, 0.25) is 0 Å². The van der Waals surface area contributed by atoms with E-state index in [1.807, 2.05) is 29.3 Å². The number of rotatable bonds is 2. The Morgan fingerprint density at radius 2 is 2.00 bits per heavy atom. The molecule has 6 heteroatoms. The summed E-state index contributed by atoms with van der Waals surface area (Å²) >= 11 is 0. The largest absolute Gasteiger partial charge is 0.328 e. The van der Waals surface area contributed by atoms with E-state index < -0.39 is 0 Å². The molecule has 0 unspecified atom stereocenters. The van der Waals surface area contributed by atoms with E-state index >= 15 is 0 Å². The fraction of sp³-hybridized carbons (Fsp3) is 0.500. The highest BCUT2D eigenvalue weighted by molar-refractivity contribution is 5.90. The van der Waals surface area contributed by atoms with Crippen molar-refractivity contribution in [2.24, 2.45) is 0 Å². The van der Waals surface area contributed by atoms with Gasteiger partial charge in [-0.15, -0.1) is 0 Å². The second-order valence-electron chi connectivity index (χ2n) is 7.34. The summed E-state index contributed by atoms with van der Waals surface area (Å²) in [5.74, 6) is 1.01. The van der Waals surface area contributed by atoms with Crippen molar-refractivity contribution in [3.63, 3.8) is 0 Å². The highest BCUT2D eigenvalue weighted by atomic mass is 16.2. The molecular formula is C20H27N5O. The Morgan fingerprint density at radius 1 is 1.08 bits per heavy atom. The monoisotopic (exact) mass is 353 g/mol. The summed E-state index contributed by atoms with van der Waals surface area (Å²) < 4.78 is 2.31. The van der Waals surface area contributed by atoms with E-state index in [1.165, 1.54) is 18.5 Å². The van der Waals surface area contributed by atoms with E-state index in [2.05, 4.69) is 32.9 Å². The Bertz CT molecular complexity index is 784. The van der Waals surface area contributed by atoms with Crippen LogP contribution >= 0.6 is 0 Å². The molecule has 1 saturated heterocycles. The number of anilines is 1. The van der Waals surface area contributed by atoms with Crippen LogP contribution in [0.4, 0.5) is 10.5 Å². The Labute approximate surface area is 154 Å². The molecule has 1 aromatic carbocycles. The number of aromatic nitrogens is 2. The zero-order valence-corrected chi connectivity index (χ0v) is 15.4. The van der Waals surface area contributed by atoms with Crippen LogP contribution in [0.25, 0.3) is 11.4 Å². The number of carbonyl (C=O) groups is 1. The third-order valence-corrected chi connectivity index (χ3v) is 5.38. The average molecular weight is 353 g/mol. The molecule has 0 radical (unpaired) electrons. The highest BCUT2D eigenvalue weighted by Crippen LogP contribution is 2.26. The minimum Gasteiger partial charge on any atom is -0.328 e. The van der Waals surface area contributed by atoms with Gasteiger partial charge in [-0.2, -0.15) is 0 Å². The van der Waals surface area contributed by atoms with Gasteiger partial charge >= 0.3 is 6.03 Å². The molecule has 1 N–H and O–H groups in total. The van der Waals surface area contributed by atoms with Crippen LogP contribution in [0.5, 0.6) is 0 Å². The van der Waals surface area contributed by atoms with Gasteiger partial charge in [0.15, 0.2) is 0 Å². The number of likely N-dealkylation sites (N-methyl/N-ethyl adjacent to an activating group) is 1. The van der Waals surface area contributed by atoms with Gasteiger partial charge in [-0.1, -0.05) is 12.1 Å². The molecule has 2 aromatic rings. The lowest BCUT2D eigenvalue weighted by molar-refractivity contribution is 0.213. The molecule has 26 heavy (non-hydrogen) atoms. The molecule has 2 amide bonds. The van der Waals surface area contributed by atoms with Gasteiger partial charge in [-0.25, -0.2) is 9.78 Å². The fourth-order valence-corrected chi connectivity index (χ4v) is 3.85. The van der Waals surface area contributed by atoms with Gasteiger partial charge in [0, 0.05) is 49.3 Å². The van der Waals surface area contributed by atoms with Gasteiger partial charge in [-0.3, -0.25) is 0 Å². The van der Waals surface area contributed by atoms with Gasteiger partial charge in [0.25, 0.3) is 0 Å². The number of nitrogens with zero attached hydrogens (tertiary/aromatic N) is 4.